The molecule has 1 amide bonds. The van der Waals surface area contributed by atoms with Crippen molar-refractivity contribution in [3.63, 3.8) is 0 Å². The van der Waals surface area contributed by atoms with Crippen molar-refractivity contribution in [3.05, 3.63) is 58.9 Å². The van der Waals surface area contributed by atoms with Gasteiger partial charge in [0.25, 0.3) is 5.91 Å². The van der Waals surface area contributed by atoms with Gasteiger partial charge in [-0.05, 0) is 56.2 Å². The first-order valence-electron chi connectivity index (χ1n) is 10.5. The molecule has 1 fully saturated rings. The second-order valence-electron chi connectivity index (χ2n) is 7.74. The second-order valence-corrected chi connectivity index (χ2v) is 10.5. The fourth-order valence-corrected chi connectivity index (χ4v) is 5.57. The molecule has 2 N–H and O–H groups in total. The highest BCUT2D eigenvalue weighted by Gasteiger charge is 2.22. The predicted molar refractivity (Wildman–Crippen MR) is 125 cm³/mol. The van der Waals surface area contributed by atoms with Crippen LogP contribution < -0.4 is 14.8 Å². The molecule has 168 valence electrons. The van der Waals surface area contributed by atoms with Crippen LogP contribution in [0.3, 0.4) is 0 Å². The number of ether oxygens (including phenoxy) is 1. The summed E-state index contributed by atoms with van der Waals surface area (Å²) >= 11 is 1.57. The Balaban J connectivity index is 1.31. The molecule has 4 rings (SSSR count). The summed E-state index contributed by atoms with van der Waals surface area (Å²) in [6.45, 7) is 1.76. The van der Waals surface area contributed by atoms with E-state index in [0.717, 1.165) is 41.9 Å². The summed E-state index contributed by atoms with van der Waals surface area (Å²) in [5.41, 5.74) is 2.45. The summed E-state index contributed by atoms with van der Waals surface area (Å²) in [6, 6.07) is 13.6. The van der Waals surface area contributed by atoms with E-state index in [9.17, 15) is 13.2 Å². The van der Waals surface area contributed by atoms with Gasteiger partial charge in [-0.3, -0.25) is 4.79 Å². The number of aromatic nitrogens is 1. The number of thiazole rings is 1. The van der Waals surface area contributed by atoms with Gasteiger partial charge in [0.05, 0.1) is 15.6 Å². The van der Waals surface area contributed by atoms with Crippen LogP contribution in [0.25, 0.3) is 11.3 Å². The van der Waals surface area contributed by atoms with E-state index in [1.807, 2.05) is 30.5 Å². The van der Waals surface area contributed by atoms with Crippen molar-refractivity contribution in [2.24, 2.45) is 0 Å². The van der Waals surface area contributed by atoms with Gasteiger partial charge in [-0.2, -0.15) is 0 Å². The molecule has 0 saturated heterocycles. The van der Waals surface area contributed by atoms with Gasteiger partial charge in [0.2, 0.25) is 10.0 Å². The molecule has 1 aliphatic carbocycles. The van der Waals surface area contributed by atoms with Crippen molar-refractivity contribution in [3.8, 4) is 17.0 Å². The van der Waals surface area contributed by atoms with E-state index in [1.54, 1.807) is 29.5 Å². The standard InChI is InChI=1S/C23H25N3O4S2/c1-16-24-22(15-31-16)17-5-4-8-19(13-17)25-23(27)14-30-20-9-11-21(12-10-20)32(28,29)26-18-6-2-3-7-18/h4-5,8-13,15,18,26H,2-3,6-7,14H2,1H3,(H,25,27). The average Bonchev–Trinajstić information content (AvgIpc) is 3.44. The maximum atomic E-state index is 12.5. The summed E-state index contributed by atoms with van der Waals surface area (Å²) in [5, 5.41) is 5.77. The first-order valence-corrected chi connectivity index (χ1v) is 12.8. The van der Waals surface area contributed by atoms with Crippen molar-refractivity contribution in [2.75, 3.05) is 11.9 Å². The third kappa shape index (κ3) is 5.73. The first kappa shape index (κ1) is 22.4. The van der Waals surface area contributed by atoms with Crippen LogP contribution in [0.5, 0.6) is 5.75 Å². The molecule has 0 radical (unpaired) electrons. The zero-order valence-corrected chi connectivity index (χ0v) is 19.3. The molecule has 1 aliphatic rings. The van der Waals surface area contributed by atoms with Gasteiger partial charge in [0.1, 0.15) is 5.75 Å². The molecular formula is C23H25N3O4S2. The number of amides is 1. The number of rotatable bonds is 8. The van der Waals surface area contributed by atoms with Gasteiger partial charge < -0.3 is 10.1 Å². The van der Waals surface area contributed by atoms with Crippen LogP contribution in [0.2, 0.25) is 0 Å². The van der Waals surface area contributed by atoms with Crippen LogP contribution in [0.4, 0.5) is 5.69 Å². The third-order valence-corrected chi connectivity index (χ3v) is 7.55. The van der Waals surface area contributed by atoms with Crippen LogP contribution in [-0.4, -0.2) is 32.0 Å². The lowest BCUT2D eigenvalue weighted by atomic mass is 10.1. The third-order valence-electron chi connectivity index (χ3n) is 5.24. The number of hydrogen-bond donors (Lipinski definition) is 2. The van der Waals surface area contributed by atoms with E-state index in [2.05, 4.69) is 15.0 Å². The van der Waals surface area contributed by atoms with Crippen LogP contribution in [-0.2, 0) is 14.8 Å². The van der Waals surface area contributed by atoms with Gasteiger partial charge >= 0.3 is 0 Å². The van der Waals surface area contributed by atoms with E-state index in [4.69, 9.17) is 4.74 Å². The van der Waals surface area contributed by atoms with Crippen LogP contribution in [0, 0.1) is 6.92 Å². The molecule has 1 saturated carbocycles. The normalized spacial score (nSPS) is 14.4. The Morgan fingerprint density at radius 1 is 1.16 bits per heavy atom. The Bertz CT molecular complexity index is 1180. The van der Waals surface area contributed by atoms with Gasteiger partial charge in [-0.15, -0.1) is 11.3 Å². The minimum absolute atomic E-state index is 0.0117. The number of carbonyl (C=O) groups excluding carboxylic acids is 1. The minimum atomic E-state index is -3.55. The highest BCUT2D eigenvalue weighted by Crippen LogP contribution is 2.24. The molecule has 32 heavy (non-hydrogen) atoms. The zero-order chi connectivity index (χ0) is 22.6. The summed E-state index contributed by atoms with van der Waals surface area (Å²) < 4.78 is 33.2. The largest absolute Gasteiger partial charge is 0.484 e. The van der Waals surface area contributed by atoms with E-state index >= 15 is 0 Å². The number of carbonyl (C=O) groups is 1. The van der Waals surface area contributed by atoms with E-state index < -0.39 is 10.0 Å². The topological polar surface area (TPSA) is 97.4 Å². The lowest BCUT2D eigenvalue weighted by molar-refractivity contribution is -0.118. The fraction of sp³-hybridized carbons (Fsp3) is 0.304. The van der Waals surface area contributed by atoms with Gasteiger partial charge in [-0.25, -0.2) is 18.1 Å². The Morgan fingerprint density at radius 2 is 1.91 bits per heavy atom. The molecule has 0 bridgehead atoms. The van der Waals surface area contributed by atoms with Crippen molar-refractivity contribution in [1.82, 2.24) is 9.71 Å². The number of anilines is 1. The fourth-order valence-electron chi connectivity index (χ4n) is 3.64. The lowest BCUT2D eigenvalue weighted by Gasteiger charge is -2.13. The maximum absolute atomic E-state index is 12.5. The summed E-state index contributed by atoms with van der Waals surface area (Å²) in [6.07, 6.45) is 3.86. The molecule has 7 nitrogen and oxygen atoms in total. The zero-order valence-electron chi connectivity index (χ0n) is 17.7. The summed E-state index contributed by atoms with van der Waals surface area (Å²) in [4.78, 5) is 17.0. The summed E-state index contributed by atoms with van der Waals surface area (Å²) in [5.74, 6) is 0.114. The Kier molecular flexibility index (Phi) is 6.88. The van der Waals surface area contributed by atoms with Crippen LogP contribution in [0.1, 0.15) is 30.7 Å². The molecule has 1 aromatic heterocycles. The average molecular weight is 472 g/mol. The number of aryl methyl sites for hydroxylation is 1. The Labute approximate surface area is 191 Å². The minimum Gasteiger partial charge on any atom is -0.484 e. The van der Waals surface area contributed by atoms with Gasteiger partial charge in [0.15, 0.2) is 6.61 Å². The monoisotopic (exact) mass is 471 g/mol. The molecule has 0 spiro atoms. The highest BCUT2D eigenvalue weighted by atomic mass is 32.2. The first-order chi connectivity index (χ1) is 15.4. The Morgan fingerprint density at radius 3 is 2.59 bits per heavy atom. The van der Waals surface area contributed by atoms with Gasteiger partial charge in [0, 0.05) is 22.7 Å². The Hall–Kier alpha value is -2.75. The number of hydrogen-bond acceptors (Lipinski definition) is 6. The maximum Gasteiger partial charge on any atom is 0.262 e. The van der Waals surface area contributed by atoms with Crippen LogP contribution >= 0.6 is 11.3 Å². The molecule has 1 heterocycles. The molecule has 0 unspecified atom stereocenters. The number of benzene rings is 2. The number of nitrogens with one attached hydrogen (secondary N) is 2. The highest BCUT2D eigenvalue weighted by molar-refractivity contribution is 7.89. The molecule has 3 aromatic rings. The van der Waals surface area contributed by atoms with Crippen molar-refractivity contribution in [2.45, 2.75) is 43.5 Å². The molecule has 2 aromatic carbocycles. The van der Waals surface area contributed by atoms with Gasteiger partial charge in [-0.1, -0.05) is 25.0 Å². The molecule has 0 atom stereocenters. The number of sulfonamides is 1. The van der Waals surface area contributed by atoms with E-state index in [-0.39, 0.29) is 23.5 Å². The smallest absolute Gasteiger partial charge is 0.262 e. The second kappa shape index (κ2) is 9.81. The van der Waals surface area contributed by atoms with Crippen molar-refractivity contribution >= 4 is 33.0 Å². The van der Waals surface area contributed by atoms with Crippen LogP contribution in [0.15, 0.2) is 58.8 Å². The molecule has 9 heteroatoms. The van der Waals surface area contributed by atoms with Crippen molar-refractivity contribution < 1.29 is 17.9 Å². The molecular weight excluding hydrogens is 446 g/mol. The number of nitrogens with zero attached hydrogens (tertiary/aromatic N) is 1. The summed E-state index contributed by atoms with van der Waals surface area (Å²) in [7, 11) is -3.55. The molecule has 0 aliphatic heterocycles. The van der Waals surface area contributed by atoms with E-state index in [1.165, 1.54) is 12.1 Å². The predicted octanol–water partition coefficient (Wildman–Crippen LogP) is 4.36. The van der Waals surface area contributed by atoms with E-state index in [0.29, 0.717) is 11.4 Å². The SMILES string of the molecule is Cc1nc(-c2cccc(NC(=O)COc3ccc(S(=O)(=O)NC4CCCC4)cc3)c2)cs1. The lowest BCUT2D eigenvalue weighted by Crippen LogP contribution is -2.32. The van der Waals surface area contributed by atoms with Crippen molar-refractivity contribution in [1.29, 1.82) is 0 Å². The quantitative estimate of drug-likeness (QED) is 0.509.